The van der Waals surface area contributed by atoms with Gasteiger partial charge < -0.3 is 0 Å². The van der Waals surface area contributed by atoms with Crippen LogP contribution in [0.15, 0.2) is 9.81 Å². The van der Waals surface area contributed by atoms with Crippen LogP contribution in [0.1, 0.15) is 19.3 Å². The number of rotatable bonds is 0. The first-order chi connectivity index (χ1) is 3.97. The zero-order valence-corrected chi connectivity index (χ0v) is 6.28. The SMILES string of the molecule is C1CC2=C(C1)SCS2. The maximum atomic E-state index is 2.06. The average Bonchev–Trinajstić information content (AvgIpc) is 2.15. The highest BCUT2D eigenvalue weighted by atomic mass is 32.2. The summed E-state index contributed by atoms with van der Waals surface area (Å²) in [5.41, 5.74) is 0. The highest BCUT2D eigenvalue weighted by Gasteiger charge is 2.19. The van der Waals surface area contributed by atoms with Crippen molar-refractivity contribution in [3.63, 3.8) is 0 Å². The molecule has 0 N–H and O–H groups in total. The van der Waals surface area contributed by atoms with Crippen molar-refractivity contribution in [1.82, 2.24) is 0 Å². The van der Waals surface area contributed by atoms with E-state index in [-0.39, 0.29) is 0 Å². The Morgan fingerprint density at radius 3 is 2.25 bits per heavy atom. The van der Waals surface area contributed by atoms with Crippen LogP contribution in [-0.4, -0.2) is 5.08 Å². The summed E-state index contributed by atoms with van der Waals surface area (Å²) < 4.78 is 0. The number of hydrogen-bond acceptors (Lipinski definition) is 2. The Labute approximate surface area is 58.1 Å². The van der Waals surface area contributed by atoms with Crippen LogP contribution in [0.25, 0.3) is 0 Å². The predicted molar refractivity (Wildman–Crippen MR) is 40.9 cm³/mol. The van der Waals surface area contributed by atoms with Crippen molar-refractivity contribution in [2.75, 3.05) is 5.08 Å². The lowest BCUT2D eigenvalue weighted by molar-refractivity contribution is 0.920. The lowest BCUT2D eigenvalue weighted by Crippen LogP contribution is -1.66. The van der Waals surface area contributed by atoms with Crippen molar-refractivity contribution in [3.8, 4) is 0 Å². The first-order valence-corrected chi connectivity index (χ1v) is 4.91. The monoisotopic (exact) mass is 144 g/mol. The van der Waals surface area contributed by atoms with Crippen molar-refractivity contribution in [1.29, 1.82) is 0 Å². The van der Waals surface area contributed by atoms with Crippen molar-refractivity contribution < 1.29 is 0 Å². The lowest BCUT2D eigenvalue weighted by atomic mass is 10.4. The maximum absolute atomic E-state index is 2.06. The van der Waals surface area contributed by atoms with Gasteiger partial charge in [0.25, 0.3) is 0 Å². The van der Waals surface area contributed by atoms with E-state index in [9.17, 15) is 0 Å². The summed E-state index contributed by atoms with van der Waals surface area (Å²) in [5, 5.41) is 1.30. The molecule has 2 rings (SSSR count). The van der Waals surface area contributed by atoms with E-state index in [2.05, 4.69) is 23.5 Å². The molecule has 0 radical (unpaired) electrons. The van der Waals surface area contributed by atoms with E-state index in [1.807, 2.05) is 0 Å². The van der Waals surface area contributed by atoms with Crippen molar-refractivity contribution >= 4 is 23.5 Å². The smallest absolute Gasteiger partial charge is 0.0480 e. The van der Waals surface area contributed by atoms with Gasteiger partial charge in [0.2, 0.25) is 0 Å². The zero-order valence-electron chi connectivity index (χ0n) is 4.64. The van der Waals surface area contributed by atoms with Crippen LogP contribution < -0.4 is 0 Å². The van der Waals surface area contributed by atoms with Gasteiger partial charge >= 0.3 is 0 Å². The highest BCUT2D eigenvalue weighted by Crippen LogP contribution is 2.48. The summed E-state index contributed by atoms with van der Waals surface area (Å²) in [7, 11) is 0. The Balaban J connectivity index is 2.23. The molecule has 1 heterocycles. The molecule has 0 aromatic rings. The molecule has 2 aliphatic rings. The van der Waals surface area contributed by atoms with E-state index in [1.165, 1.54) is 24.3 Å². The Kier molecular flexibility index (Phi) is 1.31. The molecule has 0 unspecified atom stereocenters. The predicted octanol–water partition coefficient (Wildman–Crippen LogP) is 2.82. The van der Waals surface area contributed by atoms with Crippen LogP contribution in [0.5, 0.6) is 0 Å². The fraction of sp³-hybridized carbons (Fsp3) is 0.667. The molecule has 0 bridgehead atoms. The summed E-state index contributed by atoms with van der Waals surface area (Å²) in [4.78, 5) is 3.41. The molecule has 44 valence electrons. The first-order valence-electron chi connectivity index (χ1n) is 2.94. The van der Waals surface area contributed by atoms with Gasteiger partial charge in [-0.05, 0) is 29.1 Å². The molecule has 0 aromatic heterocycles. The first kappa shape index (κ1) is 5.24. The second-order valence-corrected chi connectivity index (χ2v) is 4.61. The minimum absolute atomic E-state index is 1.30. The molecular weight excluding hydrogens is 136 g/mol. The molecule has 8 heavy (non-hydrogen) atoms. The summed E-state index contributed by atoms with van der Waals surface area (Å²) in [6, 6.07) is 0. The lowest BCUT2D eigenvalue weighted by Gasteiger charge is -1.89. The van der Waals surface area contributed by atoms with Gasteiger partial charge in [-0.25, -0.2) is 0 Å². The van der Waals surface area contributed by atoms with Crippen LogP contribution in [0.4, 0.5) is 0 Å². The fourth-order valence-electron chi connectivity index (χ4n) is 1.17. The molecule has 0 fully saturated rings. The van der Waals surface area contributed by atoms with Gasteiger partial charge in [-0.3, -0.25) is 0 Å². The molecule has 0 spiro atoms. The van der Waals surface area contributed by atoms with Crippen LogP contribution in [0.3, 0.4) is 0 Å². The Morgan fingerprint density at radius 1 is 1.00 bits per heavy atom. The van der Waals surface area contributed by atoms with E-state index in [0.717, 1.165) is 0 Å². The molecular formula is C6H8S2. The number of hydrogen-bond donors (Lipinski definition) is 0. The second kappa shape index (κ2) is 1.99. The zero-order chi connectivity index (χ0) is 5.40. The van der Waals surface area contributed by atoms with Gasteiger partial charge in [0.15, 0.2) is 0 Å². The molecule has 1 aliphatic carbocycles. The van der Waals surface area contributed by atoms with E-state index in [1.54, 1.807) is 9.81 Å². The van der Waals surface area contributed by atoms with Crippen LogP contribution in [0.2, 0.25) is 0 Å². The Hall–Kier alpha value is 0.440. The van der Waals surface area contributed by atoms with Crippen LogP contribution in [0, 0.1) is 0 Å². The molecule has 0 amide bonds. The quantitative estimate of drug-likeness (QED) is 0.512. The van der Waals surface area contributed by atoms with Crippen LogP contribution >= 0.6 is 23.5 Å². The molecule has 0 aromatic carbocycles. The van der Waals surface area contributed by atoms with Gasteiger partial charge in [0, 0.05) is 5.08 Å². The van der Waals surface area contributed by atoms with Gasteiger partial charge in [0.1, 0.15) is 0 Å². The largest absolute Gasteiger partial charge is 0.118 e. The normalized spacial score (nSPS) is 27.0. The second-order valence-electron chi connectivity index (χ2n) is 2.11. The third kappa shape index (κ3) is 0.705. The molecule has 2 heteroatoms. The van der Waals surface area contributed by atoms with Crippen molar-refractivity contribution in [2.45, 2.75) is 19.3 Å². The Morgan fingerprint density at radius 2 is 1.62 bits per heavy atom. The van der Waals surface area contributed by atoms with Crippen LogP contribution in [-0.2, 0) is 0 Å². The minimum Gasteiger partial charge on any atom is -0.118 e. The van der Waals surface area contributed by atoms with Gasteiger partial charge in [-0.15, -0.1) is 23.5 Å². The standard InChI is InChI=1S/C6H8S2/c1-2-5-6(3-1)8-4-7-5/h1-4H2. The minimum atomic E-state index is 1.30. The third-order valence-corrected chi connectivity index (χ3v) is 4.25. The van der Waals surface area contributed by atoms with Crippen molar-refractivity contribution in [3.05, 3.63) is 9.81 Å². The molecule has 0 atom stereocenters. The topological polar surface area (TPSA) is 0 Å². The Bertz CT molecular complexity index is 109. The maximum Gasteiger partial charge on any atom is 0.0480 e. The van der Waals surface area contributed by atoms with E-state index in [4.69, 9.17) is 0 Å². The molecule has 1 aliphatic heterocycles. The summed E-state index contributed by atoms with van der Waals surface area (Å²) in [5.74, 6) is 0. The highest BCUT2D eigenvalue weighted by molar-refractivity contribution is 8.22. The summed E-state index contributed by atoms with van der Waals surface area (Å²) in [6.45, 7) is 0. The summed E-state index contributed by atoms with van der Waals surface area (Å²) >= 11 is 4.11. The molecule has 0 saturated heterocycles. The average molecular weight is 144 g/mol. The van der Waals surface area contributed by atoms with Gasteiger partial charge in [-0.2, -0.15) is 0 Å². The van der Waals surface area contributed by atoms with Gasteiger partial charge in [0.05, 0.1) is 0 Å². The fourth-order valence-corrected chi connectivity index (χ4v) is 4.00. The van der Waals surface area contributed by atoms with Crippen molar-refractivity contribution in [2.24, 2.45) is 0 Å². The van der Waals surface area contributed by atoms with E-state index < -0.39 is 0 Å². The van der Waals surface area contributed by atoms with Gasteiger partial charge in [-0.1, -0.05) is 0 Å². The van der Waals surface area contributed by atoms with E-state index in [0.29, 0.717) is 0 Å². The molecule has 0 saturated carbocycles. The third-order valence-electron chi connectivity index (χ3n) is 1.58. The van der Waals surface area contributed by atoms with E-state index >= 15 is 0 Å². The summed E-state index contributed by atoms with van der Waals surface area (Å²) in [6.07, 6.45) is 4.19. The number of allylic oxidation sites excluding steroid dienone is 2. The number of thioether (sulfide) groups is 2. The molecule has 0 nitrogen and oxygen atoms in total.